The van der Waals surface area contributed by atoms with Crippen molar-refractivity contribution in [3.8, 4) is 5.75 Å². The fourth-order valence-electron chi connectivity index (χ4n) is 1.67. The molecule has 2 aromatic rings. The minimum absolute atomic E-state index is 0.0231. The van der Waals surface area contributed by atoms with E-state index in [4.69, 9.17) is 10.5 Å². The summed E-state index contributed by atoms with van der Waals surface area (Å²) in [6.45, 7) is 0.580. The van der Waals surface area contributed by atoms with E-state index >= 15 is 0 Å². The summed E-state index contributed by atoms with van der Waals surface area (Å²) in [5, 5.41) is 3.88. The first kappa shape index (κ1) is 14.1. The van der Waals surface area contributed by atoms with Gasteiger partial charge in [0, 0.05) is 18.7 Å². The van der Waals surface area contributed by atoms with Crippen LogP contribution in [0.5, 0.6) is 5.75 Å². The fourth-order valence-corrected chi connectivity index (χ4v) is 1.67. The number of hydrogen-bond acceptors (Lipinski definition) is 4. The maximum atomic E-state index is 13.1. The van der Waals surface area contributed by atoms with Crippen LogP contribution in [0.4, 0.5) is 8.78 Å². The van der Waals surface area contributed by atoms with Crippen molar-refractivity contribution in [1.29, 1.82) is 0 Å². The van der Waals surface area contributed by atoms with Crippen LogP contribution in [0.3, 0.4) is 0 Å². The Morgan fingerprint density at radius 3 is 2.50 bits per heavy atom. The van der Waals surface area contributed by atoms with Gasteiger partial charge in [-0.3, -0.25) is 4.79 Å². The highest BCUT2D eigenvalue weighted by atomic mass is 19.1. The van der Waals surface area contributed by atoms with E-state index in [1.807, 2.05) is 0 Å². The Bertz CT molecular complexity index is 638. The van der Waals surface area contributed by atoms with Crippen LogP contribution in [0.2, 0.25) is 0 Å². The van der Waals surface area contributed by atoms with Crippen LogP contribution in [0.15, 0.2) is 35.3 Å². The molecule has 0 spiro atoms. The number of hydrogen-bond donors (Lipinski definition) is 1. The minimum atomic E-state index is -0.698. The molecule has 0 aliphatic carbocycles. The van der Waals surface area contributed by atoms with Crippen LogP contribution >= 0.6 is 0 Å². The third-order valence-corrected chi connectivity index (χ3v) is 2.49. The number of aromatic nitrogens is 2. The van der Waals surface area contributed by atoms with E-state index in [2.05, 4.69) is 5.10 Å². The lowest BCUT2D eigenvalue weighted by atomic mass is 10.2. The van der Waals surface area contributed by atoms with Crippen LogP contribution in [-0.4, -0.2) is 22.9 Å². The molecule has 0 aliphatic rings. The number of benzene rings is 1. The molecule has 0 aliphatic heterocycles. The van der Waals surface area contributed by atoms with Crippen LogP contribution in [0.1, 0.15) is 5.56 Å². The van der Waals surface area contributed by atoms with Crippen molar-refractivity contribution in [3.05, 3.63) is 58.0 Å². The number of nitrogens with two attached hydrogens (primary N) is 1. The summed E-state index contributed by atoms with van der Waals surface area (Å²) in [4.78, 5) is 11.8. The highest BCUT2D eigenvalue weighted by Crippen LogP contribution is 2.09. The monoisotopic (exact) mass is 281 g/mol. The molecular weight excluding hydrogens is 268 g/mol. The lowest BCUT2D eigenvalue weighted by Gasteiger charge is -2.07. The molecule has 0 radical (unpaired) electrons. The molecule has 0 saturated carbocycles. The van der Waals surface area contributed by atoms with E-state index in [0.29, 0.717) is 17.9 Å². The van der Waals surface area contributed by atoms with E-state index in [-0.39, 0.29) is 13.2 Å². The maximum Gasteiger partial charge on any atom is 0.270 e. The molecule has 0 amide bonds. The Balaban J connectivity index is 2.19. The Morgan fingerprint density at radius 1 is 1.20 bits per heavy atom. The number of ether oxygens (including phenoxy) is 1. The molecule has 0 bridgehead atoms. The summed E-state index contributed by atoms with van der Waals surface area (Å²) < 4.78 is 32.4. The average Bonchev–Trinajstić information content (AvgIpc) is 2.38. The second kappa shape index (κ2) is 6.25. The highest BCUT2D eigenvalue weighted by molar-refractivity contribution is 5.19. The van der Waals surface area contributed by atoms with Gasteiger partial charge in [-0.05, 0) is 17.7 Å². The third kappa shape index (κ3) is 3.61. The Hall–Kier alpha value is -2.28. The fraction of sp³-hybridized carbons (Fsp3) is 0.231. The summed E-state index contributed by atoms with van der Waals surface area (Å²) in [6, 6.07) is 4.31. The smallest absolute Gasteiger partial charge is 0.270 e. The van der Waals surface area contributed by atoms with Gasteiger partial charge in [-0.15, -0.1) is 0 Å². The van der Waals surface area contributed by atoms with Gasteiger partial charge in [0.05, 0.1) is 12.7 Å². The van der Waals surface area contributed by atoms with Crippen LogP contribution in [0, 0.1) is 11.6 Å². The van der Waals surface area contributed by atoms with Gasteiger partial charge in [0.1, 0.15) is 24.0 Å². The molecule has 1 aromatic carbocycles. The van der Waals surface area contributed by atoms with Crippen molar-refractivity contribution in [2.24, 2.45) is 5.73 Å². The van der Waals surface area contributed by atoms with E-state index in [1.165, 1.54) is 12.3 Å². The topological polar surface area (TPSA) is 70.1 Å². The van der Waals surface area contributed by atoms with Gasteiger partial charge in [-0.1, -0.05) is 0 Å². The van der Waals surface area contributed by atoms with Gasteiger partial charge in [0.15, 0.2) is 0 Å². The van der Waals surface area contributed by atoms with Crippen molar-refractivity contribution in [3.63, 3.8) is 0 Å². The van der Waals surface area contributed by atoms with Gasteiger partial charge in [0.25, 0.3) is 5.56 Å². The largest absolute Gasteiger partial charge is 0.490 e. The Kier molecular flexibility index (Phi) is 4.41. The van der Waals surface area contributed by atoms with Gasteiger partial charge in [-0.25, -0.2) is 13.5 Å². The lowest BCUT2D eigenvalue weighted by molar-refractivity contribution is 0.324. The average molecular weight is 281 g/mol. The standard InChI is InChI=1S/C13H13F2N3O2/c14-10-3-9(4-11(15)5-10)8-18-13(19)6-12(7-17-18)20-2-1-16/h3-7H,1-2,8,16H2. The summed E-state index contributed by atoms with van der Waals surface area (Å²) >= 11 is 0. The van der Waals surface area contributed by atoms with E-state index < -0.39 is 17.2 Å². The normalized spacial score (nSPS) is 10.6. The molecule has 5 nitrogen and oxygen atoms in total. The Labute approximate surface area is 113 Å². The van der Waals surface area contributed by atoms with Gasteiger partial charge >= 0.3 is 0 Å². The highest BCUT2D eigenvalue weighted by Gasteiger charge is 2.05. The molecule has 106 valence electrons. The molecular formula is C13H13F2N3O2. The first-order valence-electron chi connectivity index (χ1n) is 5.93. The van der Waals surface area contributed by atoms with Crippen LogP contribution in [0.25, 0.3) is 0 Å². The Morgan fingerprint density at radius 2 is 1.90 bits per heavy atom. The van der Waals surface area contributed by atoms with E-state index in [9.17, 15) is 13.6 Å². The maximum absolute atomic E-state index is 13.1. The molecule has 2 rings (SSSR count). The summed E-state index contributed by atoms with van der Waals surface area (Å²) in [6.07, 6.45) is 1.35. The first-order chi connectivity index (χ1) is 9.58. The third-order valence-electron chi connectivity index (χ3n) is 2.49. The zero-order valence-corrected chi connectivity index (χ0v) is 10.6. The number of rotatable bonds is 5. The lowest BCUT2D eigenvalue weighted by Crippen LogP contribution is -2.23. The zero-order valence-electron chi connectivity index (χ0n) is 10.6. The van der Waals surface area contributed by atoms with Crippen molar-refractivity contribution in [2.45, 2.75) is 6.54 Å². The molecule has 1 heterocycles. The van der Waals surface area contributed by atoms with Gasteiger partial charge < -0.3 is 10.5 Å². The summed E-state index contributed by atoms with van der Waals surface area (Å²) in [5.41, 5.74) is 5.16. The van der Waals surface area contributed by atoms with Crippen molar-refractivity contribution in [1.82, 2.24) is 9.78 Å². The van der Waals surface area contributed by atoms with Gasteiger partial charge in [-0.2, -0.15) is 5.10 Å². The molecule has 0 unspecified atom stereocenters. The molecule has 0 fully saturated rings. The molecule has 0 atom stereocenters. The summed E-state index contributed by atoms with van der Waals surface area (Å²) in [5.74, 6) is -1.09. The minimum Gasteiger partial charge on any atom is -0.490 e. The molecule has 7 heteroatoms. The molecule has 2 N–H and O–H groups in total. The molecule has 1 aromatic heterocycles. The molecule has 0 saturated heterocycles. The van der Waals surface area contributed by atoms with Crippen LogP contribution in [-0.2, 0) is 6.54 Å². The van der Waals surface area contributed by atoms with Crippen molar-refractivity contribution < 1.29 is 13.5 Å². The first-order valence-corrected chi connectivity index (χ1v) is 5.93. The summed E-state index contributed by atoms with van der Waals surface area (Å²) in [7, 11) is 0. The zero-order chi connectivity index (χ0) is 14.5. The predicted octanol–water partition coefficient (Wildman–Crippen LogP) is 0.907. The number of nitrogens with zero attached hydrogens (tertiary/aromatic N) is 2. The van der Waals surface area contributed by atoms with Crippen molar-refractivity contribution >= 4 is 0 Å². The molecule has 20 heavy (non-hydrogen) atoms. The van der Waals surface area contributed by atoms with Crippen molar-refractivity contribution in [2.75, 3.05) is 13.2 Å². The second-order valence-electron chi connectivity index (χ2n) is 4.10. The van der Waals surface area contributed by atoms with Gasteiger partial charge in [0.2, 0.25) is 0 Å². The van der Waals surface area contributed by atoms with E-state index in [0.717, 1.165) is 22.9 Å². The SMILES string of the molecule is NCCOc1cnn(Cc2cc(F)cc(F)c2)c(=O)c1. The number of halogens is 2. The second-order valence-corrected chi connectivity index (χ2v) is 4.10. The predicted molar refractivity (Wildman–Crippen MR) is 68.5 cm³/mol. The van der Waals surface area contributed by atoms with Crippen LogP contribution < -0.4 is 16.0 Å². The van der Waals surface area contributed by atoms with E-state index in [1.54, 1.807) is 0 Å². The quantitative estimate of drug-likeness (QED) is 0.884.